The molecule has 8 heteroatoms. The number of para-hydroxylation sites is 2. The third-order valence-electron chi connectivity index (χ3n) is 8.20. The molecule has 2 unspecified atom stereocenters. The van der Waals surface area contributed by atoms with E-state index in [0.29, 0.717) is 11.4 Å². The fraction of sp³-hybridized carbons (Fsp3) is 0.214. The van der Waals surface area contributed by atoms with Gasteiger partial charge in [0.1, 0.15) is 0 Å². The molecule has 0 N–H and O–H groups in total. The summed E-state index contributed by atoms with van der Waals surface area (Å²) in [5, 5.41) is 0. The van der Waals surface area contributed by atoms with Gasteiger partial charge in [-0.25, -0.2) is 9.80 Å². The van der Waals surface area contributed by atoms with Crippen LogP contribution in [0.5, 0.6) is 0 Å². The number of anilines is 2. The first kappa shape index (κ1) is 22.1. The van der Waals surface area contributed by atoms with Crippen molar-refractivity contribution in [1.82, 2.24) is 0 Å². The largest absolute Gasteiger partial charge is 0.274 e. The van der Waals surface area contributed by atoms with E-state index >= 15 is 0 Å². The van der Waals surface area contributed by atoms with Crippen molar-refractivity contribution in [1.29, 1.82) is 0 Å². The Bertz CT molecular complexity index is 1340. The lowest BCUT2D eigenvalue weighted by molar-refractivity contribution is -0.137. The van der Waals surface area contributed by atoms with E-state index in [-0.39, 0.29) is 23.6 Å². The molecule has 2 aliphatic heterocycles. The van der Waals surface area contributed by atoms with Crippen molar-refractivity contribution in [2.45, 2.75) is 8.65 Å². The first-order valence-corrected chi connectivity index (χ1v) is 13.2. The van der Waals surface area contributed by atoms with Crippen molar-refractivity contribution in [3.8, 4) is 0 Å². The van der Waals surface area contributed by atoms with Gasteiger partial charge in [-0.3, -0.25) is 19.2 Å². The molecule has 6 nitrogen and oxygen atoms in total. The highest BCUT2D eigenvalue weighted by Gasteiger charge is 2.81. The first-order chi connectivity index (χ1) is 17.3. The highest BCUT2D eigenvalue weighted by Crippen LogP contribution is 2.74. The summed E-state index contributed by atoms with van der Waals surface area (Å²) >= 11 is 7.77. The van der Waals surface area contributed by atoms with Gasteiger partial charge in [-0.05, 0) is 35.4 Å². The Morgan fingerprint density at radius 1 is 0.472 bits per heavy atom. The number of halogens is 2. The van der Waals surface area contributed by atoms with Gasteiger partial charge >= 0.3 is 0 Å². The molecule has 3 aliphatic carbocycles. The van der Waals surface area contributed by atoms with E-state index in [2.05, 4.69) is 31.9 Å². The summed E-state index contributed by atoms with van der Waals surface area (Å²) < 4.78 is -2.44. The van der Waals surface area contributed by atoms with Crippen LogP contribution in [0, 0.1) is 23.7 Å². The third-order valence-corrected chi connectivity index (χ3v) is 11.0. The molecule has 36 heavy (non-hydrogen) atoms. The summed E-state index contributed by atoms with van der Waals surface area (Å²) in [5.41, 5.74) is 2.48. The molecule has 2 bridgehead atoms. The molecule has 0 spiro atoms. The van der Waals surface area contributed by atoms with Crippen molar-refractivity contribution >= 4 is 66.9 Å². The Morgan fingerprint density at radius 3 is 1.06 bits per heavy atom. The molecule has 2 saturated heterocycles. The number of benzene rings is 3. The van der Waals surface area contributed by atoms with Crippen LogP contribution < -0.4 is 9.80 Å². The van der Waals surface area contributed by atoms with Gasteiger partial charge in [-0.2, -0.15) is 0 Å². The third kappa shape index (κ3) is 2.37. The summed E-state index contributed by atoms with van der Waals surface area (Å²) in [6, 6.07) is 25.1. The lowest BCUT2D eigenvalue weighted by atomic mass is 9.49. The van der Waals surface area contributed by atoms with Gasteiger partial charge in [0.25, 0.3) is 0 Å². The normalized spacial score (nSPS) is 34.2. The number of rotatable bonds is 2. The van der Waals surface area contributed by atoms with E-state index in [4.69, 9.17) is 0 Å². The summed E-state index contributed by atoms with van der Waals surface area (Å²) in [6.07, 6.45) is 0. The van der Waals surface area contributed by atoms with Crippen molar-refractivity contribution in [2.75, 3.05) is 9.80 Å². The minimum atomic E-state index is -1.22. The molecule has 3 aromatic rings. The average molecular weight is 606 g/mol. The quantitative estimate of drug-likeness (QED) is 0.318. The second-order valence-corrected chi connectivity index (χ2v) is 12.3. The minimum Gasteiger partial charge on any atom is -0.274 e. The van der Waals surface area contributed by atoms with Crippen molar-refractivity contribution in [2.24, 2.45) is 23.7 Å². The molecule has 3 aromatic carbocycles. The monoisotopic (exact) mass is 604 g/mol. The Balaban J connectivity index is 1.49. The molecule has 1 saturated carbocycles. The van der Waals surface area contributed by atoms with Gasteiger partial charge < -0.3 is 0 Å². The number of imide groups is 2. The van der Waals surface area contributed by atoms with Crippen molar-refractivity contribution < 1.29 is 19.2 Å². The smallest absolute Gasteiger partial charge is 0.239 e. The lowest BCUT2D eigenvalue weighted by Gasteiger charge is -2.59. The zero-order chi connectivity index (χ0) is 25.0. The fourth-order valence-corrected chi connectivity index (χ4v) is 9.44. The minimum absolute atomic E-state index is 0.372. The van der Waals surface area contributed by atoms with E-state index < -0.39 is 32.3 Å². The Hall–Kier alpha value is -3.10. The van der Waals surface area contributed by atoms with Crippen LogP contribution in [-0.2, 0) is 27.8 Å². The number of hydrogen-bond acceptors (Lipinski definition) is 4. The number of carbonyl (C=O) groups is 4. The van der Waals surface area contributed by atoms with Crippen molar-refractivity contribution in [3.63, 3.8) is 0 Å². The Labute approximate surface area is 223 Å². The van der Waals surface area contributed by atoms with E-state index in [0.717, 1.165) is 11.1 Å². The van der Waals surface area contributed by atoms with Gasteiger partial charge in [-0.15, -0.1) is 0 Å². The van der Waals surface area contributed by atoms with Crippen LogP contribution in [-0.4, -0.2) is 23.6 Å². The molecule has 6 atom stereocenters. The predicted molar refractivity (Wildman–Crippen MR) is 139 cm³/mol. The number of hydrogen-bond donors (Lipinski definition) is 0. The van der Waals surface area contributed by atoms with E-state index in [1.54, 1.807) is 48.5 Å². The van der Waals surface area contributed by atoms with Gasteiger partial charge in [0.05, 0.1) is 43.7 Å². The molecule has 0 radical (unpaired) electrons. The van der Waals surface area contributed by atoms with Crippen LogP contribution in [0.15, 0.2) is 84.9 Å². The van der Waals surface area contributed by atoms with Crippen LogP contribution in [0.25, 0.3) is 0 Å². The summed E-state index contributed by atoms with van der Waals surface area (Å²) in [7, 11) is 0. The average Bonchev–Trinajstić information content (AvgIpc) is 3.34. The van der Waals surface area contributed by atoms with Gasteiger partial charge in [-0.1, -0.05) is 92.5 Å². The predicted octanol–water partition coefficient (Wildman–Crippen LogP) is 4.51. The van der Waals surface area contributed by atoms with Crippen LogP contribution in [0.3, 0.4) is 0 Å². The van der Waals surface area contributed by atoms with Crippen LogP contribution in [0.1, 0.15) is 11.1 Å². The molecule has 8 rings (SSSR count). The maximum atomic E-state index is 14.1. The van der Waals surface area contributed by atoms with Crippen LogP contribution >= 0.6 is 31.9 Å². The second kappa shape index (κ2) is 7.23. The Morgan fingerprint density at radius 2 is 0.750 bits per heavy atom. The molecule has 0 aromatic heterocycles. The lowest BCUT2D eigenvalue weighted by Crippen LogP contribution is -2.65. The molecular weight excluding hydrogens is 588 g/mol. The molecule has 3 fully saturated rings. The summed E-state index contributed by atoms with van der Waals surface area (Å²) in [5.74, 6) is -4.96. The maximum Gasteiger partial charge on any atom is 0.239 e. The first-order valence-electron chi connectivity index (χ1n) is 11.7. The van der Waals surface area contributed by atoms with Crippen molar-refractivity contribution in [3.05, 3.63) is 96.1 Å². The molecule has 178 valence electrons. The van der Waals surface area contributed by atoms with Gasteiger partial charge in [0, 0.05) is 0 Å². The summed E-state index contributed by atoms with van der Waals surface area (Å²) in [6.45, 7) is 0. The standard InChI is InChI=1S/C28H18Br2N2O4/c29-27-17-13-7-8-14-18(17)28(30,20-19(27)23(33)31(24(20)34)15-9-3-1-4-10-15)22-21(27)25(35)32(26(22)36)16-11-5-2-6-12-16/h1-14,19-22H/t19-,20-,21+,22+,27?,28?. The molecular formula is C28H18Br2N2O4. The molecule has 2 heterocycles. The number of carbonyl (C=O) groups excluding carboxylic acids is 4. The van der Waals surface area contributed by atoms with Crippen LogP contribution in [0.2, 0.25) is 0 Å². The number of nitrogens with zero attached hydrogens (tertiary/aromatic N) is 2. The number of amides is 4. The fourth-order valence-electron chi connectivity index (χ4n) is 6.90. The maximum absolute atomic E-state index is 14.1. The van der Waals surface area contributed by atoms with Gasteiger partial charge in [0.2, 0.25) is 23.6 Å². The zero-order valence-corrected chi connectivity index (χ0v) is 21.8. The Kier molecular flexibility index (Phi) is 4.44. The SMILES string of the molecule is O=C1[C@@H]2[C@@H](C(=O)N1c1ccccc1)C1(Br)c3ccccc3C2(Br)[C@H]2C(=O)N(c3ccccc3)C(=O)[C@@H]21. The summed E-state index contributed by atoms with van der Waals surface area (Å²) in [4.78, 5) is 58.7. The van der Waals surface area contributed by atoms with Crippen LogP contribution in [0.4, 0.5) is 11.4 Å². The zero-order valence-electron chi connectivity index (χ0n) is 18.7. The van der Waals surface area contributed by atoms with E-state index in [9.17, 15) is 19.2 Å². The second-order valence-electron chi connectivity index (χ2n) is 9.69. The van der Waals surface area contributed by atoms with Gasteiger partial charge in [0.15, 0.2) is 0 Å². The molecule has 5 aliphatic rings. The highest BCUT2D eigenvalue weighted by molar-refractivity contribution is 9.10. The highest BCUT2D eigenvalue weighted by atomic mass is 79.9. The van der Waals surface area contributed by atoms with E-state index in [1.807, 2.05) is 36.4 Å². The van der Waals surface area contributed by atoms with E-state index in [1.165, 1.54) is 9.80 Å². The number of alkyl halides is 2. The topological polar surface area (TPSA) is 74.8 Å². The molecule has 4 amide bonds.